The molecule has 0 amide bonds. The Balaban J connectivity index is 2.28. The molecule has 2 rings (SSSR count). The van der Waals surface area contributed by atoms with Crippen LogP contribution in [0, 0.1) is 0 Å². The van der Waals surface area contributed by atoms with Crippen LogP contribution in [0.5, 0.6) is 5.75 Å². The van der Waals surface area contributed by atoms with Gasteiger partial charge in [-0.2, -0.15) is 0 Å². The predicted octanol–water partition coefficient (Wildman–Crippen LogP) is 1.97. The molecule has 1 aromatic rings. The normalized spacial score (nSPS) is 18.4. The summed E-state index contributed by atoms with van der Waals surface area (Å²) in [5.41, 5.74) is 1.32. The lowest BCUT2D eigenvalue weighted by Gasteiger charge is -2.43. The van der Waals surface area contributed by atoms with E-state index in [1.165, 1.54) is 5.56 Å². The van der Waals surface area contributed by atoms with E-state index in [2.05, 4.69) is 26.0 Å². The Morgan fingerprint density at radius 2 is 2.00 bits per heavy atom. The van der Waals surface area contributed by atoms with Gasteiger partial charge in [0.2, 0.25) is 0 Å². The van der Waals surface area contributed by atoms with Crippen LogP contribution in [0.4, 0.5) is 0 Å². The molecule has 0 atom stereocenters. The SMILES string of the molecule is CC[N+]1(CC)[B-][O+]c2ccccc2C1. The third-order valence-electron chi connectivity index (χ3n) is 3.12. The molecule has 0 bridgehead atoms. The summed E-state index contributed by atoms with van der Waals surface area (Å²) in [6, 6.07) is 8.28. The smallest absolute Gasteiger partial charge is 0.519 e. The maximum absolute atomic E-state index is 5.67. The predicted molar refractivity (Wildman–Crippen MR) is 57.9 cm³/mol. The van der Waals surface area contributed by atoms with Crippen LogP contribution in [-0.4, -0.2) is 25.1 Å². The first kappa shape index (κ1) is 9.59. The molecule has 14 heavy (non-hydrogen) atoms. The van der Waals surface area contributed by atoms with Gasteiger partial charge in [0.15, 0.2) is 0 Å². The van der Waals surface area contributed by atoms with Gasteiger partial charge in [0, 0.05) is 19.2 Å². The van der Waals surface area contributed by atoms with Gasteiger partial charge in [0.1, 0.15) is 0 Å². The summed E-state index contributed by atoms with van der Waals surface area (Å²) < 4.78 is 6.60. The fourth-order valence-corrected chi connectivity index (χ4v) is 1.89. The van der Waals surface area contributed by atoms with Crippen LogP contribution in [-0.2, 0) is 6.54 Å². The summed E-state index contributed by atoms with van der Waals surface area (Å²) in [4.78, 5) is 0. The van der Waals surface area contributed by atoms with E-state index < -0.39 is 0 Å². The van der Waals surface area contributed by atoms with Crippen LogP contribution in [0.1, 0.15) is 19.4 Å². The van der Waals surface area contributed by atoms with Crippen LogP contribution >= 0.6 is 0 Å². The van der Waals surface area contributed by atoms with Gasteiger partial charge in [-0.15, -0.1) is 0 Å². The van der Waals surface area contributed by atoms with E-state index in [9.17, 15) is 0 Å². The maximum atomic E-state index is 5.67. The highest BCUT2D eigenvalue weighted by Gasteiger charge is 2.32. The van der Waals surface area contributed by atoms with Crippen LogP contribution in [0.15, 0.2) is 24.3 Å². The fraction of sp³-hybridized carbons (Fsp3) is 0.455. The number of hydrogen-bond acceptors (Lipinski definition) is 1. The Kier molecular flexibility index (Phi) is 2.51. The lowest BCUT2D eigenvalue weighted by atomic mass is 9.98. The Morgan fingerprint density at radius 1 is 1.29 bits per heavy atom. The minimum absolute atomic E-state index is 0.928. The zero-order valence-electron chi connectivity index (χ0n) is 8.86. The van der Waals surface area contributed by atoms with Crippen molar-refractivity contribution in [3.8, 4) is 5.75 Å². The average Bonchev–Trinajstić information content (AvgIpc) is 2.28. The minimum Gasteiger partial charge on any atom is -0.519 e. The third-order valence-corrected chi connectivity index (χ3v) is 3.12. The van der Waals surface area contributed by atoms with E-state index in [1.807, 2.05) is 19.7 Å². The molecule has 3 radical (unpaired) electrons. The highest BCUT2D eigenvalue weighted by Crippen LogP contribution is 2.27. The van der Waals surface area contributed by atoms with Crippen molar-refractivity contribution in [2.24, 2.45) is 0 Å². The quantitative estimate of drug-likeness (QED) is 0.511. The van der Waals surface area contributed by atoms with Gasteiger partial charge in [0.05, 0.1) is 12.1 Å². The number of para-hydroxylation sites is 1. The monoisotopic (exact) mass is 189 g/mol. The Bertz CT molecular complexity index is 323. The Labute approximate surface area is 86.4 Å². The highest BCUT2D eigenvalue weighted by molar-refractivity contribution is 6.19. The molecule has 0 saturated heterocycles. The van der Waals surface area contributed by atoms with Gasteiger partial charge >= 0.3 is 7.62 Å². The van der Waals surface area contributed by atoms with Crippen molar-refractivity contribution < 1.29 is 9.05 Å². The summed E-state index contributed by atoms with van der Waals surface area (Å²) in [6.07, 6.45) is 0. The van der Waals surface area contributed by atoms with Crippen molar-refractivity contribution in [2.45, 2.75) is 20.4 Å². The minimum atomic E-state index is 0.928. The van der Waals surface area contributed by atoms with Crippen molar-refractivity contribution in [3.05, 3.63) is 29.8 Å². The first-order valence-electron chi connectivity index (χ1n) is 5.24. The second kappa shape index (κ2) is 3.66. The van der Waals surface area contributed by atoms with Gasteiger partial charge in [-0.3, -0.25) is 0 Å². The molecule has 0 saturated carbocycles. The zero-order valence-corrected chi connectivity index (χ0v) is 8.86. The van der Waals surface area contributed by atoms with Crippen molar-refractivity contribution in [1.29, 1.82) is 0 Å². The summed E-state index contributed by atoms with van der Waals surface area (Å²) >= 11 is 0. The van der Waals surface area contributed by atoms with E-state index in [-0.39, 0.29) is 0 Å². The number of rotatable bonds is 2. The number of benzene rings is 1. The summed E-state index contributed by atoms with van der Waals surface area (Å²) in [5, 5.41) is 0. The molecule has 0 unspecified atom stereocenters. The van der Waals surface area contributed by atoms with E-state index in [0.29, 0.717) is 0 Å². The molecule has 0 aromatic heterocycles. The van der Waals surface area contributed by atoms with Gasteiger partial charge < -0.3 is 9.05 Å². The molecule has 1 aromatic carbocycles. The standard InChI is InChI=1S/C11H16BNO/c1-3-13(4-2)9-10-7-5-6-8-11(10)14-12-13/h5-8H,3-4,9H2,1-2H3/q+1. The zero-order chi connectivity index (χ0) is 10.0. The van der Waals surface area contributed by atoms with Gasteiger partial charge in [-0.05, 0) is 19.9 Å². The first-order valence-corrected chi connectivity index (χ1v) is 5.24. The second-order valence-corrected chi connectivity index (χ2v) is 3.84. The molecule has 73 valence electrons. The summed E-state index contributed by atoms with van der Waals surface area (Å²) in [7, 11) is 1.97. The molecule has 3 heteroatoms. The Hall–Kier alpha value is -0.955. The van der Waals surface area contributed by atoms with E-state index >= 15 is 0 Å². The second-order valence-electron chi connectivity index (χ2n) is 3.84. The molecule has 0 spiro atoms. The lowest BCUT2D eigenvalue weighted by Crippen LogP contribution is -2.54. The van der Waals surface area contributed by atoms with Crippen LogP contribution in [0.2, 0.25) is 0 Å². The summed E-state index contributed by atoms with van der Waals surface area (Å²) in [6.45, 7) is 7.65. The molecule has 1 aliphatic heterocycles. The average molecular weight is 189 g/mol. The molecule has 1 heterocycles. The number of fused-ring (bicyclic) bond motifs is 1. The van der Waals surface area contributed by atoms with Crippen LogP contribution in [0.25, 0.3) is 0 Å². The van der Waals surface area contributed by atoms with E-state index in [0.717, 1.165) is 29.8 Å². The Morgan fingerprint density at radius 3 is 2.71 bits per heavy atom. The molecule has 2 nitrogen and oxygen atoms in total. The lowest BCUT2D eigenvalue weighted by molar-refractivity contribution is -0.839. The largest absolute Gasteiger partial charge is 0.635 e. The van der Waals surface area contributed by atoms with Crippen molar-refractivity contribution >= 4 is 7.62 Å². The van der Waals surface area contributed by atoms with E-state index in [1.54, 1.807) is 0 Å². The van der Waals surface area contributed by atoms with E-state index in [4.69, 9.17) is 4.65 Å². The van der Waals surface area contributed by atoms with Crippen LogP contribution < -0.4 is 4.65 Å². The van der Waals surface area contributed by atoms with Crippen molar-refractivity contribution in [1.82, 2.24) is 0 Å². The topological polar surface area (TPSA) is 11.3 Å². The van der Waals surface area contributed by atoms with Gasteiger partial charge in [-0.1, -0.05) is 12.1 Å². The molecule has 0 fully saturated rings. The van der Waals surface area contributed by atoms with Gasteiger partial charge in [-0.25, -0.2) is 0 Å². The highest BCUT2D eigenvalue weighted by atomic mass is 16.4. The maximum Gasteiger partial charge on any atom is 0.635 e. The molecular formula is C11H16BNO+. The fourth-order valence-electron chi connectivity index (χ4n) is 1.89. The number of nitrogens with zero attached hydrogens (tertiary/aromatic N) is 1. The third kappa shape index (κ3) is 1.52. The van der Waals surface area contributed by atoms with Crippen molar-refractivity contribution in [3.63, 3.8) is 0 Å². The molecular weight excluding hydrogens is 173 g/mol. The number of quaternary nitrogens is 1. The van der Waals surface area contributed by atoms with Crippen molar-refractivity contribution in [2.75, 3.05) is 13.1 Å². The molecule has 0 aliphatic carbocycles. The van der Waals surface area contributed by atoms with Gasteiger partial charge in [0.25, 0.3) is 5.75 Å². The molecule has 1 aliphatic rings. The molecule has 0 N–H and O–H groups in total. The number of hydrogen-bond donors (Lipinski definition) is 0. The first-order chi connectivity index (χ1) is 6.79. The summed E-state index contributed by atoms with van der Waals surface area (Å²) in [5.74, 6) is 1.02. The van der Waals surface area contributed by atoms with Crippen LogP contribution in [0.3, 0.4) is 0 Å².